The van der Waals surface area contributed by atoms with Gasteiger partial charge in [0.05, 0.1) is 13.2 Å². The Bertz CT molecular complexity index is 400. The van der Waals surface area contributed by atoms with Crippen molar-refractivity contribution in [2.75, 3.05) is 18.5 Å². The van der Waals surface area contributed by atoms with Crippen molar-refractivity contribution >= 4 is 102 Å². The maximum absolute atomic E-state index is 11.5. The Hall–Kier alpha value is 1.84. The maximum Gasteiger partial charge on any atom is 0.248 e. The highest BCUT2D eigenvalue weighted by Gasteiger charge is 2.27. The molecule has 3 nitrogen and oxygen atoms in total. The van der Waals surface area contributed by atoms with Crippen LogP contribution in [0.15, 0.2) is 11.1 Å². The van der Waals surface area contributed by atoms with Gasteiger partial charge in [-0.1, -0.05) is 91.1 Å². The maximum atomic E-state index is 11.5. The topological polar surface area (TPSA) is 35.5 Å². The van der Waals surface area contributed by atoms with E-state index in [1.54, 1.807) is 6.92 Å². The Morgan fingerprint density at radius 1 is 1.04 bits per heavy atom. The van der Waals surface area contributed by atoms with Crippen LogP contribution in [0.2, 0.25) is 0 Å². The van der Waals surface area contributed by atoms with Crippen molar-refractivity contribution in [2.45, 2.75) is 33.6 Å². The van der Waals surface area contributed by atoms with Gasteiger partial charge in [0.1, 0.15) is 0 Å². The highest BCUT2D eigenvalue weighted by atomic mass is 79.9. The number of hydrogen-bond donors (Lipinski definition) is 0. The first-order chi connectivity index (χ1) is 10.4. The molecule has 0 saturated carbocycles. The van der Waals surface area contributed by atoms with Gasteiger partial charge in [-0.05, 0) is 24.9 Å². The van der Waals surface area contributed by atoms with Gasteiger partial charge in [0.2, 0.25) is 12.8 Å². The molecule has 0 aliphatic carbocycles. The van der Waals surface area contributed by atoms with E-state index >= 15 is 0 Å². The van der Waals surface area contributed by atoms with Crippen molar-refractivity contribution in [3.05, 3.63) is 11.1 Å². The quantitative estimate of drug-likeness (QED) is 0.150. The molecule has 136 valence electrons. The molecule has 0 aliphatic heterocycles. The van der Waals surface area contributed by atoms with Crippen molar-refractivity contribution in [1.82, 2.24) is 0 Å². The smallest absolute Gasteiger partial charge is 0.248 e. The molecular formula is C12H14BrCl7O3. The lowest BCUT2D eigenvalue weighted by molar-refractivity contribution is -0.143. The molecule has 0 saturated heterocycles. The summed E-state index contributed by atoms with van der Waals surface area (Å²) in [7, 11) is 0. The van der Waals surface area contributed by atoms with Crippen LogP contribution in [0.25, 0.3) is 0 Å². The predicted molar refractivity (Wildman–Crippen MR) is 103 cm³/mol. The third kappa shape index (κ3) is 13.7. The Balaban J connectivity index is 4.82. The third-order valence-electron chi connectivity index (χ3n) is 2.45. The van der Waals surface area contributed by atoms with Crippen molar-refractivity contribution in [2.24, 2.45) is 0 Å². The number of allylic oxidation sites excluding steroid dienone is 2. The lowest BCUT2D eigenvalue weighted by Crippen LogP contribution is -2.27. The van der Waals surface area contributed by atoms with Crippen LogP contribution in [-0.4, -0.2) is 37.7 Å². The van der Waals surface area contributed by atoms with Crippen LogP contribution in [0, 0.1) is 0 Å². The van der Waals surface area contributed by atoms with Crippen LogP contribution < -0.4 is 0 Å². The summed E-state index contributed by atoms with van der Waals surface area (Å²) in [6, 6.07) is 0. The molecule has 0 fully saturated rings. The summed E-state index contributed by atoms with van der Waals surface area (Å²) in [5, 5.41) is -0.0430. The van der Waals surface area contributed by atoms with Gasteiger partial charge >= 0.3 is 0 Å². The Labute approximate surface area is 178 Å². The number of hydrogen-bond acceptors (Lipinski definition) is 3. The summed E-state index contributed by atoms with van der Waals surface area (Å²) in [5.74, 6) is 0. The summed E-state index contributed by atoms with van der Waals surface area (Å²) in [4.78, 5) is 11.5. The number of rotatable bonds is 9. The highest BCUT2D eigenvalue weighted by molar-refractivity contribution is 9.09. The molecule has 0 rings (SSSR count). The summed E-state index contributed by atoms with van der Waals surface area (Å²) < 4.78 is 7.49. The lowest BCUT2D eigenvalue weighted by Gasteiger charge is -2.23. The Morgan fingerprint density at radius 2 is 1.48 bits per heavy atom. The molecule has 0 aromatic heterocycles. The number of ether oxygens (including phenoxy) is 2. The summed E-state index contributed by atoms with van der Waals surface area (Å²) in [6.45, 7) is 1.32. The molecule has 11 heteroatoms. The second kappa shape index (κ2) is 11.5. The first-order valence-electron chi connectivity index (χ1n) is 6.17. The SMILES string of the molecule is C/C(CBr)=C(\CCC(OCC(Cl)(Cl)Cl)OCC(Cl)(Cl)Cl)C(=O)Cl. The van der Waals surface area contributed by atoms with Gasteiger partial charge < -0.3 is 9.47 Å². The minimum absolute atomic E-state index is 0.229. The fourth-order valence-electron chi connectivity index (χ4n) is 1.41. The van der Waals surface area contributed by atoms with Crippen molar-refractivity contribution < 1.29 is 14.3 Å². The van der Waals surface area contributed by atoms with Crippen LogP contribution in [0.5, 0.6) is 0 Å². The molecule has 0 unspecified atom stereocenters. The second-order valence-corrected chi connectivity index (χ2v) is 10.4. The van der Waals surface area contributed by atoms with Crippen LogP contribution in [0.4, 0.5) is 0 Å². The standard InChI is InChI=1S/C12H14BrCl7O3/c1-7(4-13)8(10(14)21)2-3-9(22-5-11(15,16)17)23-6-12(18,19)20/h9H,2-6H2,1H3/b8-7-. The third-order valence-corrected chi connectivity index (χ3v) is 4.17. The number of carbonyl (C=O) groups excluding carboxylic acids is 1. The zero-order valence-corrected chi connectivity index (χ0v) is 18.7. The molecule has 0 aromatic carbocycles. The van der Waals surface area contributed by atoms with E-state index < -0.39 is 19.1 Å². The monoisotopic (exact) mass is 530 g/mol. The van der Waals surface area contributed by atoms with Gasteiger partial charge in [-0.2, -0.15) is 0 Å². The fourth-order valence-corrected chi connectivity index (χ4v) is 2.38. The van der Waals surface area contributed by atoms with Gasteiger partial charge in [-0.15, -0.1) is 0 Å². The molecule has 0 N–H and O–H groups in total. The molecule has 0 radical (unpaired) electrons. The average molecular weight is 534 g/mol. The predicted octanol–water partition coefficient (Wildman–Crippen LogP) is 6.34. The van der Waals surface area contributed by atoms with E-state index in [0.29, 0.717) is 17.3 Å². The van der Waals surface area contributed by atoms with Crippen LogP contribution in [0.1, 0.15) is 19.8 Å². The minimum Gasteiger partial charge on any atom is -0.348 e. The Kier molecular flexibility index (Phi) is 12.5. The van der Waals surface area contributed by atoms with Crippen molar-refractivity contribution in [3.8, 4) is 0 Å². The highest BCUT2D eigenvalue weighted by Crippen LogP contribution is 2.30. The van der Waals surface area contributed by atoms with E-state index in [1.165, 1.54) is 0 Å². The minimum atomic E-state index is -1.62. The summed E-state index contributed by atoms with van der Waals surface area (Å²) >= 11 is 42.7. The summed E-state index contributed by atoms with van der Waals surface area (Å²) in [5.41, 5.74) is 1.25. The fraction of sp³-hybridized carbons (Fsp3) is 0.750. The Morgan fingerprint density at radius 3 is 1.78 bits per heavy atom. The van der Waals surface area contributed by atoms with Crippen molar-refractivity contribution in [1.29, 1.82) is 0 Å². The normalized spacial score (nSPS) is 14.2. The average Bonchev–Trinajstić information content (AvgIpc) is 2.38. The van der Waals surface area contributed by atoms with E-state index in [4.69, 9.17) is 90.7 Å². The van der Waals surface area contributed by atoms with E-state index in [0.717, 1.165) is 5.57 Å². The van der Waals surface area contributed by atoms with Gasteiger partial charge in [0.15, 0.2) is 6.29 Å². The molecule has 0 amide bonds. The van der Waals surface area contributed by atoms with Crippen LogP contribution in [0.3, 0.4) is 0 Å². The molecule has 0 heterocycles. The van der Waals surface area contributed by atoms with E-state index in [1.807, 2.05) is 0 Å². The first-order valence-corrected chi connectivity index (χ1v) is 9.93. The molecule has 23 heavy (non-hydrogen) atoms. The number of alkyl halides is 7. The van der Waals surface area contributed by atoms with Gasteiger partial charge in [-0.25, -0.2) is 0 Å². The molecule has 0 aromatic rings. The van der Waals surface area contributed by atoms with E-state index in [9.17, 15) is 4.79 Å². The number of halogens is 8. The zero-order valence-electron chi connectivity index (χ0n) is 11.9. The molecule has 0 aliphatic rings. The van der Waals surface area contributed by atoms with E-state index in [-0.39, 0.29) is 19.6 Å². The van der Waals surface area contributed by atoms with Crippen LogP contribution in [-0.2, 0) is 14.3 Å². The van der Waals surface area contributed by atoms with Crippen molar-refractivity contribution in [3.63, 3.8) is 0 Å². The van der Waals surface area contributed by atoms with Crippen LogP contribution >= 0.6 is 97.1 Å². The molecule has 0 bridgehead atoms. The largest absolute Gasteiger partial charge is 0.348 e. The van der Waals surface area contributed by atoms with Gasteiger partial charge in [0, 0.05) is 17.3 Å². The molecule has 0 spiro atoms. The van der Waals surface area contributed by atoms with Gasteiger partial charge in [-0.3, -0.25) is 4.79 Å². The molecule has 0 atom stereocenters. The molecular weight excluding hydrogens is 520 g/mol. The summed E-state index contributed by atoms with van der Waals surface area (Å²) in [6.07, 6.45) is -0.278. The van der Waals surface area contributed by atoms with Gasteiger partial charge in [0.25, 0.3) is 0 Å². The lowest BCUT2D eigenvalue weighted by atomic mass is 10.1. The first kappa shape index (κ1) is 24.8. The zero-order chi connectivity index (χ0) is 18.3. The number of carbonyl (C=O) groups is 1. The second-order valence-electron chi connectivity index (χ2n) is 4.49. The van der Waals surface area contributed by atoms with E-state index in [2.05, 4.69) is 15.9 Å².